The van der Waals surface area contributed by atoms with Crippen LogP contribution in [0.2, 0.25) is 0 Å². The molecule has 1 N–H and O–H groups in total. The Balaban J connectivity index is 1.99. The summed E-state index contributed by atoms with van der Waals surface area (Å²) in [6.07, 6.45) is 2.70. The summed E-state index contributed by atoms with van der Waals surface area (Å²) < 4.78 is 0. The zero-order valence-corrected chi connectivity index (χ0v) is 9.96. The molecule has 2 aromatic carbocycles. The Bertz CT molecular complexity index is 655. The molecule has 0 aromatic heterocycles. The first-order valence-corrected chi connectivity index (χ1v) is 5.54. The Hall–Kier alpha value is -3.11. The Morgan fingerprint density at radius 2 is 1.37 bits per heavy atom. The second kappa shape index (κ2) is 6.00. The lowest BCUT2D eigenvalue weighted by Crippen LogP contribution is -1.93. The van der Waals surface area contributed by atoms with Gasteiger partial charge in [0.1, 0.15) is 0 Å². The molecule has 0 radical (unpaired) electrons. The Kier molecular flexibility index (Phi) is 3.90. The standard InChI is InChI=1S/C15H9N4/c16-9-12-1-5-14(6-2-12)18-11-19-15-7-3-13(10-17)4-8-15/h1-8H,(H,18,19)/q-1. The van der Waals surface area contributed by atoms with Crippen molar-refractivity contribution in [2.45, 2.75) is 0 Å². The highest BCUT2D eigenvalue weighted by Gasteiger charge is 1.87. The van der Waals surface area contributed by atoms with Gasteiger partial charge < -0.3 is 10.3 Å². The summed E-state index contributed by atoms with van der Waals surface area (Å²) in [5.41, 5.74) is 2.71. The third kappa shape index (κ3) is 3.42. The average molecular weight is 245 g/mol. The molecule has 90 valence electrons. The minimum absolute atomic E-state index is 0.596. The predicted octanol–water partition coefficient (Wildman–Crippen LogP) is 3.08. The second-order valence-electron chi connectivity index (χ2n) is 3.70. The summed E-state index contributed by atoms with van der Waals surface area (Å²) in [6, 6.07) is 18.0. The minimum atomic E-state index is 0.596. The fourth-order valence-corrected chi connectivity index (χ4v) is 1.40. The van der Waals surface area contributed by atoms with E-state index in [2.05, 4.69) is 16.6 Å². The molecule has 0 atom stereocenters. The molecule has 2 aromatic rings. The highest BCUT2D eigenvalue weighted by molar-refractivity contribution is 5.78. The van der Waals surface area contributed by atoms with Gasteiger partial charge in [0.2, 0.25) is 0 Å². The highest BCUT2D eigenvalue weighted by Crippen LogP contribution is 2.12. The summed E-state index contributed by atoms with van der Waals surface area (Å²) in [4.78, 5) is 4.08. The number of nitrogens with zero attached hydrogens (tertiary/aromatic N) is 3. The van der Waals surface area contributed by atoms with Gasteiger partial charge in [0, 0.05) is 6.34 Å². The quantitative estimate of drug-likeness (QED) is 0.391. The number of hydrogen-bond donors (Lipinski definition) is 1. The molecule has 2 rings (SSSR count). The average Bonchev–Trinajstić information content (AvgIpc) is 2.49. The van der Waals surface area contributed by atoms with Gasteiger partial charge in [0.15, 0.2) is 0 Å². The molecule has 4 heteroatoms. The van der Waals surface area contributed by atoms with Gasteiger partial charge in [-0.05, 0) is 5.69 Å². The van der Waals surface area contributed by atoms with E-state index >= 15 is 0 Å². The van der Waals surface area contributed by atoms with Gasteiger partial charge in [-0.15, -0.1) is 0 Å². The number of hydrogen-bond acceptors (Lipinski definition) is 3. The summed E-state index contributed by atoms with van der Waals surface area (Å²) in [5.74, 6) is 0. The van der Waals surface area contributed by atoms with Crippen molar-refractivity contribution in [1.82, 2.24) is 0 Å². The molecule has 0 saturated heterocycles. The van der Waals surface area contributed by atoms with Crippen LogP contribution in [0.4, 0.5) is 11.4 Å². The van der Waals surface area contributed by atoms with E-state index in [1.165, 1.54) is 0 Å². The first-order valence-electron chi connectivity index (χ1n) is 5.54. The van der Waals surface area contributed by atoms with Crippen molar-refractivity contribution in [1.29, 1.82) is 10.5 Å². The van der Waals surface area contributed by atoms with Crippen LogP contribution in [0.1, 0.15) is 11.1 Å². The summed E-state index contributed by atoms with van der Waals surface area (Å²) in [5, 5.41) is 20.2. The topological polar surface area (TPSA) is 72.0 Å². The minimum Gasteiger partial charge on any atom is -0.452 e. The second-order valence-corrected chi connectivity index (χ2v) is 3.70. The Morgan fingerprint density at radius 1 is 0.842 bits per heavy atom. The number of rotatable bonds is 3. The number of anilines is 1. The van der Waals surface area contributed by atoms with E-state index in [-0.39, 0.29) is 0 Å². The van der Waals surface area contributed by atoms with Gasteiger partial charge in [-0.1, -0.05) is 54.2 Å². The van der Waals surface area contributed by atoms with Gasteiger partial charge in [-0.25, -0.2) is 0 Å². The third-order valence-corrected chi connectivity index (χ3v) is 2.40. The van der Waals surface area contributed by atoms with E-state index in [4.69, 9.17) is 10.5 Å². The molecule has 0 aliphatic heterocycles. The summed E-state index contributed by atoms with van der Waals surface area (Å²) >= 11 is 0. The van der Waals surface area contributed by atoms with Crippen LogP contribution in [-0.2, 0) is 0 Å². The molecule has 0 heterocycles. The van der Waals surface area contributed by atoms with E-state index in [0.717, 1.165) is 5.69 Å². The molecular weight excluding hydrogens is 236 g/mol. The van der Waals surface area contributed by atoms with Crippen molar-refractivity contribution < 1.29 is 0 Å². The van der Waals surface area contributed by atoms with Gasteiger partial charge in [-0.2, -0.15) is 10.5 Å². The van der Waals surface area contributed by atoms with Crippen molar-refractivity contribution in [3.8, 4) is 12.1 Å². The molecule has 0 spiro atoms. The highest BCUT2D eigenvalue weighted by atomic mass is 14.9. The van der Waals surface area contributed by atoms with E-state index in [0.29, 0.717) is 16.8 Å². The van der Waals surface area contributed by atoms with Crippen LogP contribution in [0.15, 0.2) is 53.5 Å². The van der Waals surface area contributed by atoms with Crippen LogP contribution in [-0.4, -0.2) is 6.34 Å². The monoisotopic (exact) mass is 245 g/mol. The zero-order chi connectivity index (χ0) is 13.5. The molecule has 0 saturated carbocycles. The molecule has 4 nitrogen and oxygen atoms in total. The van der Waals surface area contributed by atoms with Gasteiger partial charge in [-0.3, -0.25) is 0 Å². The maximum absolute atomic E-state index is 8.67. The van der Waals surface area contributed by atoms with Gasteiger partial charge in [0.05, 0.1) is 23.3 Å². The first-order chi connectivity index (χ1) is 9.31. The summed E-state index contributed by atoms with van der Waals surface area (Å²) in [7, 11) is 0. The molecule has 0 unspecified atom stereocenters. The zero-order valence-electron chi connectivity index (χ0n) is 9.96. The molecule has 0 bridgehead atoms. The van der Waals surface area contributed by atoms with E-state index in [1.54, 1.807) is 48.5 Å². The fourth-order valence-electron chi connectivity index (χ4n) is 1.40. The van der Waals surface area contributed by atoms with Gasteiger partial charge in [0.25, 0.3) is 0 Å². The Morgan fingerprint density at radius 3 is 1.89 bits per heavy atom. The summed E-state index contributed by atoms with van der Waals surface area (Å²) in [6.45, 7) is 0. The Labute approximate surface area is 111 Å². The molecule has 0 aliphatic carbocycles. The van der Waals surface area contributed by atoms with E-state index in [9.17, 15) is 0 Å². The molecule has 0 amide bonds. The van der Waals surface area contributed by atoms with Crippen LogP contribution in [0.3, 0.4) is 0 Å². The number of nitriles is 2. The van der Waals surface area contributed by atoms with Crippen LogP contribution < -0.4 is 5.32 Å². The van der Waals surface area contributed by atoms with E-state index < -0.39 is 0 Å². The third-order valence-electron chi connectivity index (χ3n) is 2.40. The molecule has 0 aliphatic rings. The number of aliphatic imine (C=N–C) groups is 1. The lowest BCUT2D eigenvalue weighted by Gasteiger charge is -2.07. The number of nitrogens with one attached hydrogen (secondary N) is 1. The van der Waals surface area contributed by atoms with Crippen molar-refractivity contribution in [2.75, 3.05) is 5.32 Å². The van der Waals surface area contributed by atoms with Crippen LogP contribution in [0.25, 0.3) is 0 Å². The van der Waals surface area contributed by atoms with Crippen LogP contribution in [0.5, 0.6) is 0 Å². The van der Waals surface area contributed by atoms with Crippen molar-refractivity contribution in [2.24, 2.45) is 4.99 Å². The lowest BCUT2D eigenvalue weighted by atomic mass is 10.2. The normalized spacial score (nSPS) is 9.79. The van der Waals surface area contributed by atoms with Crippen molar-refractivity contribution in [3.05, 3.63) is 59.7 Å². The van der Waals surface area contributed by atoms with Crippen molar-refractivity contribution >= 4 is 17.7 Å². The largest absolute Gasteiger partial charge is 0.452 e. The molecular formula is C15H9N4-. The fraction of sp³-hybridized carbons (Fsp3) is 0. The molecule has 0 fully saturated rings. The van der Waals surface area contributed by atoms with Gasteiger partial charge >= 0.3 is 0 Å². The van der Waals surface area contributed by atoms with Crippen LogP contribution >= 0.6 is 0 Å². The first kappa shape index (κ1) is 12.3. The van der Waals surface area contributed by atoms with Crippen LogP contribution in [0, 0.1) is 22.7 Å². The predicted molar refractivity (Wildman–Crippen MR) is 73.0 cm³/mol. The SMILES string of the molecule is N#Cc1ccc(N=[C-]Nc2ccc(C#N)cc2)cc1. The maximum Gasteiger partial charge on any atom is 0.0990 e. The van der Waals surface area contributed by atoms with Crippen molar-refractivity contribution in [3.63, 3.8) is 0 Å². The molecule has 19 heavy (non-hydrogen) atoms. The number of benzene rings is 2. The van der Waals surface area contributed by atoms with E-state index in [1.807, 2.05) is 12.1 Å². The smallest absolute Gasteiger partial charge is 0.0990 e. The lowest BCUT2D eigenvalue weighted by molar-refractivity contribution is 1.46. The maximum atomic E-state index is 8.67.